The van der Waals surface area contributed by atoms with Crippen LogP contribution in [0.1, 0.15) is 33.1 Å². The van der Waals surface area contributed by atoms with Crippen LogP contribution in [0.2, 0.25) is 0 Å². The Morgan fingerprint density at radius 2 is 1.67 bits per heavy atom. The number of aliphatic carboxylic acids is 1. The van der Waals surface area contributed by atoms with E-state index in [1.165, 1.54) is 0 Å². The van der Waals surface area contributed by atoms with Gasteiger partial charge in [0.25, 0.3) is 5.91 Å². The summed E-state index contributed by atoms with van der Waals surface area (Å²) in [5.74, 6) is 0.0200. The number of likely N-dealkylation sites (tertiary alicyclic amines) is 1. The smallest absolute Gasteiger partial charge is 0.332 e. The van der Waals surface area contributed by atoms with E-state index in [-0.39, 0.29) is 5.91 Å². The van der Waals surface area contributed by atoms with E-state index in [1.54, 1.807) is 0 Å². The molecule has 4 unspecified atom stereocenters. The third-order valence-electron chi connectivity index (χ3n) is 3.75. The molecule has 2 rings (SSSR count). The van der Waals surface area contributed by atoms with Gasteiger partial charge in [0.05, 0.1) is 0 Å². The Balaban J connectivity index is 1.93. The fourth-order valence-corrected chi connectivity index (χ4v) is 3.05. The number of amides is 1. The van der Waals surface area contributed by atoms with Crippen LogP contribution in [0.4, 0.5) is 0 Å². The summed E-state index contributed by atoms with van der Waals surface area (Å²) in [6.07, 6.45) is 0.745. The molecule has 5 nitrogen and oxygen atoms in total. The van der Waals surface area contributed by atoms with Gasteiger partial charge in [-0.2, -0.15) is 0 Å². The Labute approximate surface area is 107 Å². The van der Waals surface area contributed by atoms with Crippen molar-refractivity contribution in [2.45, 2.75) is 45.3 Å². The van der Waals surface area contributed by atoms with Gasteiger partial charge in [0.1, 0.15) is 6.10 Å². The van der Waals surface area contributed by atoms with Crippen molar-refractivity contribution < 1.29 is 19.4 Å². The molecule has 0 saturated carbocycles. The van der Waals surface area contributed by atoms with E-state index < -0.39 is 18.2 Å². The zero-order valence-electron chi connectivity index (χ0n) is 11.0. The van der Waals surface area contributed by atoms with Crippen LogP contribution in [-0.4, -0.2) is 47.2 Å². The maximum Gasteiger partial charge on any atom is 0.332 e. The van der Waals surface area contributed by atoms with Gasteiger partial charge in [0, 0.05) is 13.1 Å². The molecular formula is C13H21NO4. The van der Waals surface area contributed by atoms with Gasteiger partial charge in [-0.1, -0.05) is 13.8 Å². The van der Waals surface area contributed by atoms with E-state index in [1.807, 2.05) is 4.90 Å². The summed E-state index contributed by atoms with van der Waals surface area (Å²) in [5.41, 5.74) is 0. The zero-order valence-corrected chi connectivity index (χ0v) is 11.0. The number of piperidine rings is 1. The van der Waals surface area contributed by atoms with Crippen LogP contribution in [0.3, 0.4) is 0 Å². The Morgan fingerprint density at radius 1 is 1.11 bits per heavy atom. The lowest BCUT2D eigenvalue weighted by molar-refractivity contribution is -0.155. The van der Waals surface area contributed by atoms with Crippen LogP contribution in [0.25, 0.3) is 0 Å². The number of hydrogen-bond donors (Lipinski definition) is 1. The lowest BCUT2D eigenvalue weighted by Gasteiger charge is -2.36. The highest BCUT2D eigenvalue weighted by Gasteiger charge is 2.38. The van der Waals surface area contributed by atoms with Crippen LogP contribution < -0.4 is 0 Å². The number of carbonyl (C=O) groups excluding carboxylic acids is 1. The molecule has 5 heteroatoms. The molecule has 1 amide bonds. The maximum atomic E-state index is 12.3. The molecule has 102 valence electrons. The summed E-state index contributed by atoms with van der Waals surface area (Å²) in [6.45, 7) is 5.82. The Morgan fingerprint density at radius 3 is 2.17 bits per heavy atom. The lowest BCUT2D eigenvalue weighted by atomic mass is 9.91. The van der Waals surface area contributed by atoms with Crippen molar-refractivity contribution in [3.8, 4) is 0 Å². The summed E-state index contributed by atoms with van der Waals surface area (Å²) in [5, 5.41) is 8.86. The van der Waals surface area contributed by atoms with Crippen LogP contribution in [0.5, 0.6) is 0 Å². The number of ether oxygens (including phenoxy) is 1. The highest BCUT2D eigenvalue weighted by atomic mass is 16.5. The quantitative estimate of drug-likeness (QED) is 0.803. The van der Waals surface area contributed by atoms with Gasteiger partial charge in [0.2, 0.25) is 0 Å². The monoisotopic (exact) mass is 255 g/mol. The maximum absolute atomic E-state index is 12.3. The van der Waals surface area contributed by atoms with E-state index >= 15 is 0 Å². The molecule has 0 aromatic heterocycles. The van der Waals surface area contributed by atoms with E-state index in [9.17, 15) is 9.59 Å². The Kier molecular flexibility index (Phi) is 3.90. The molecule has 0 radical (unpaired) electrons. The molecule has 2 aliphatic heterocycles. The van der Waals surface area contributed by atoms with Gasteiger partial charge >= 0.3 is 5.97 Å². The zero-order chi connectivity index (χ0) is 13.3. The number of carboxylic acid groups (broad SMARTS) is 1. The SMILES string of the molecule is CC1CC(C)CN(C(=O)C2CCC(C(=O)O)O2)C1. The highest BCUT2D eigenvalue weighted by Crippen LogP contribution is 2.26. The average Bonchev–Trinajstić information content (AvgIpc) is 2.75. The number of carbonyl (C=O) groups is 2. The van der Waals surface area contributed by atoms with Gasteiger partial charge in [-0.3, -0.25) is 4.79 Å². The second kappa shape index (κ2) is 5.26. The molecule has 0 spiro atoms. The third kappa shape index (κ3) is 2.83. The van der Waals surface area contributed by atoms with Crippen molar-refractivity contribution in [3.05, 3.63) is 0 Å². The van der Waals surface area contributed by atoms with Crippen molar-refractivity contribution in [3.63, 3.8) is 0 Å². The minimum absolute atomic E-state index is 0.0304. The van der Waals surface area contributed by atoms with Crippen LogP contribution in [0.15, 0.2) is 0 Å². The second-order valence-corrected chi connectivity index (χ2v) is 5.72. The fourth-order valence-electron chi connectivity index (χ4n) is 3.05. The minimum Gasteiger partial charge on any atom is -0.479 e. The Hall–Kier alpha value is -1.10. The van der Waals surface area contributed by atoms with Crippen LogP contribution in [-0.2, 0) is 14.3 Å². The minimum atomic E-state index is -0.967. The predicted octanol–water partition coefficient (Wildman–Crippen LogP) is 1.12. The van der Waals surface area contributed by atoms with Crippen molar-refractivity contribution in [1.82, 2.24) is 4.90 Å². The predicted molar refractivity (Wildman–Crippen MR) is 65.1 cm³/mol. The summed E-state index contributed by atoms with van der Waals surface area (Å²) < 4.78 is 5.32. The average molecular weight is 255 g/mol. The molecule has 4 atom stereocenters. The third-order valence-corrected chi connectivity index (χ3v) is 3.75. The molecule has 0 aliphatic carbocycles. The molecule has 18 heavy (non-hydrogen) atoms. The van der Waals surface area contributed by atoms with Crippen molar-refractivity contribution in [2.75, 3.05) is 13.1 Å². The van der Waals surface area contributed by atoms with Gasteiger partial charge in [-0.15, -0.1) is 0 Å². The molecule has 2 saturated heterocycles. The molecule has 0 aromatic carbocycles. The van der Waals surface area contributed by atoms with Gasteiger partial charge in [0.15, 0.2) is 6.10 Å². The van der Waals surface area contributed by atoms with Crippen LogP contribution >= 0.6 is 0 Å². The first-order chi connectivity index (χ1) is 8.47. The summed E-state index contributed by atoms with van der Waals surface area (Å²) in [7, 11) is 0. The summed E-state index contributed by atoms with van der Waals surface area (Å²) >= 11 is 0. The first-order valence-corrected chi connectivity index (χ1v) is 6.64. The highest BCUT2D eigenvalue weighted by molar-refractivity contribution is 5.82. The number of carboxylic acids is 1. The number of rotatable bonds is 2. The van der Waals surface area contributed by atoms with Gasteiger partial charge in [-0.25, -0.2) is 4.79 Å². The van der Waals surface area contributed by atoms with E-state index in [0.29, 0.717) is 24.7 Å². The molecule has 2 fully saturated rings. The standard InChI is InChI=1S/C13H21NO4/c1-8-5-9(2)7-14(6-8)12(15)10-3-4-11(18-10)13(16)17/h8-11H,3-7H2,1-2H3,(H,16,17). The molecule has 2 heterocycles. The summed E-state index contributed by atoms with van der Waals surface area (Å²) in [6, 6.07) is 0. The normalized spacial score (nSPS) is 36.7. The van der Waals surface area contributed by atoms with Crippen LogP contribution in [0, 0.1) is 11.8 Å². The van der Waals surface area contributed by atoms with Crippen molar-refractivity contribution >= 4 is 11.9 Å². The molecule has 1 N–H and O–H groups in total. The number of hydrogen-bond acceptors (Lipinski definition) is 3. The number of nitrogens with zero attached hydrogens (tertiary/aromatic N) is 1. The second-order valence-electron chi connectivity index (χ2n) is 5.72. The summed E-state index contributed by atoms with van der Waals surface area (Å²) in [4.78, 5) is 24.9. The molecule has 2 aliphatic rings. The van der Waals surface area contributed by atoms with E-state index in [4.69, 9.17) is 9.84 Å². The molecule has 0 bridgehead atoms. The fraction of sp³-hybridized carbons (Fsp3) is 0.846. The molecular weight excluding hydrogens is 234 g/mol. The van der Waals surface area contributed by atoms with Gasteiger partial charge in [-0.05, 0) is 31.1 Å². The Bertz CT molecular complexity index is 334. The largest absolute Gasteiger partial charge is 0.479 e. The van der Waals surface area contributed by atoms with E-state index in [0.717, 1.165) is 19.5 Å². The topological polar surface area (TPSA) is 66.8 Å². The van der Waals surface area contributed by atoms with Crippen molar-refractivity contribution in [2.24, 2.45) is 11.8 Å². The first-order valence-electron chi connectivity index (χ1n) is 6.64. The van der Waals surface area contributed by atoms with E-state index in [2.05, 4.69) is 13.8 Å². The molecule has 0 aromatic rings. The van der Waals surface area contributed by atoms with Gasteiger partial charge < -0.3 is 14.7 Å². The van der Waals surface area contributed by atoms with Crippen molar-refractivity contribution in [1.29, 1.82) is 0 Å². The first kappa shape index (κ1) is 13.3. The lowest BCUT2D eigenvalue weighted by Crippen LogP contribution is -2.47.